The summed E-state index contributed by atoms with van der Waals surface area (Å²) in [4.78, 5) is 24.7. The Bertz CT molecular complexity index is 598. The predicted octanol–water partition coefficient (Wildman–Crippen LogP) is 1.83. The Morgan fingerprint density at radius 2 is 2.09 bits per heavy atom. The van der Waals surface area contributed by atoms with Crippen LogP contribution in [0.3, 0.4) is 0 Å². The van der Waals surface area contributed by atoms with Crippen molar-refractivity contribution in [2.75, 3.05) is 13.1 Å². The van der Waals surface area contributed by atoms with Gasteiger partial charge in [0.05, 0.1) is 4.92 Å². The molecule has 0 saturated carbocycles. The fraction of sp³-hybridized carbons (Fsp3) is 0.400. The summed E-state index contributed by atoms with van der Waals surface area (Å²) in [7, 11) is 0. The lowest BCUT2D eigenvalue weighted by molar-refractivity contribution is -0.385. The summed E-state index contributed by atoms with van der Waals surface area (Å²) in [6.45, 7) is 6.02. The first-order chi connectivity index (χ1) is 10.5. The summed E-state index contributed by atoms with van der Waals surface area (Å²) < 4.78 is 0. The van der Waals surface area contributed by atoms with E-state index in [-0.39, 0.29) is 11.3 Å². The third-order valence-electron chi connectivity index (χ3n) is 3.65. The van der Waals surface area contributed by atoms with Crippen molar-refractivity contribution in [3.05, 3.63) is 51.7 Å². The molecule has 1 aromatic carbocycles. The number of rotatable bonds is 5. The number of para-hydroxylation sites is 1. The molecular weight excluding hydrogens is 284 g/mol. The van der Waals surface area contributed by atoms with E-state index in [1.165, 1.54) is 18.2 Å². The summed E-state index contributed by atoms with van der Waals surface area (Å²) in [5.74, 6) is -0.514. The maximum absolute atomic E-state index is 12.1. The summed E-state index contributed by atoms with van der Waals surface area (Å²) in [5.41, 5.74) is 6.14. The van der Waals surface area contributed by atoms with Crippen LogP contribution in [0.5, 0.6) is 0 Å². The van der Waals surface area contributed by atoms with E-state index >= 15 is 0 Å². The van der Waals surface area contributed by atoms with Crippen LogP contribution in [0.4, 0.5) is 5.69 Å². The molecule has 1 aliphatic heterocycles. The van der Waals surface area contributed by atoms with Crippen molar-refractivity contribution < 1.29 is 9.72 Å². The van der Waals surface area contributed by atoms with Crippen molar-refractivity contribution >= 4 is 11.6 Å². The van der Waals surface area contributed by atoms with Gasteiger partial charge in [-0.1, -0.05) is 12.1 Å². The Morgan fingerprint density at radius 1 is 1.36 bits per heavy atom. The van der Waals surface area contributed by atoms with E-state index in [1.807, 2.05) is 6.08 Å². The molecule has 7 nitrogen and oxygen atoms in total. The van der Waals surface area contributed by atoms with Crippen molar-refractivity contribution in [1.82, 2.24) is 15.8 Å². The first kappa shape index (κ1) is 16.0. The molecule has 0 aliphatic carbocycles. The van der Waals surface area contributed by atoms with Crippen LogP contribution < -0.4 is 10.9 Å². The minimum absolute atomic E-state index is 0.0419. The number of benzene rings is 1. The standard InChI is InChI=1S/C15H20N4O3/c1-11(2)18-9-7-12(8-10-18)16-17-15(20)13-5-3-4-6-14(13)19(21)22/h3-7,11,16H,8-10H2,1-2H3,(H,17,20). The minimum Gasteiger partial charge on any atom is -0.303 e. The molecule has 0 spiro atoms. The third kappa shape index (κ3) is 3.82. The van der Waals surface area contributed by atoms with Crippen LogP contribution in [-0.4, -0.2) is 34.9 Å². The number of hydrazine groups is 1. The van der Waals surface area contributed by atoms with Crippen LogP contribution in [0, 0.1) is 10.1 Å². The molecule has 118 valence electrons. The number of hydrogen-bond acceptors (Lipinski definition) is 5. The number of nitro benzene ring substituents is 1. The van der Waals surface area contributed by atoms with Crippen molar-refractivity contribution in [2.45, 2.75) is 26.3 Å². The zero-order chi connectivity index (χ0) is 16.1. The predicted molar refractivity (Wildman–Crippen MR) is 83.1 cm³/mol. The average molecular weight is 304 g/mol. The molecular formula is C15H20N4O3. The van der Waals surface area contributed by atoms with E-state index in [4.69, 9.17) is 0 Å². The van der Waals surface area contributed by atoms with Crippen LogP contribution in [-0.2, 0) is 0 Å². The Morgan fingerprint density at radius 3 is 2.68 bits per heavy atom. The molecule has 1 amide bonds. The van der Waals surface area contributed by atoms with E-state index in [1.54, 1.807) is 6.07 Å². The second kappa shape index (κ2) is 7.04. The van der Waals surface area contributed by atoms with Gasteiger partial charge >= 0.3 is 0 Å². The van der Waals surface area contributed by atoms with Gasteiger partial charge in [-0.2, -0.15) is 0 Å². The summed E-state index contributed by atoms with van der Waals surface area (Å²) in [6.07, 6.45) is 2.82. The molecule has 2 rings (SSSR count). The number of nitrogens with one attached hydrogen (secondary N) is 2. The van der Waals surface area contributed by atoms with Crippen molar-refractivity contribution in [3.63, 3.8) is 0 Å². The highest BCUT2D eigenvalue weighted by Crippen LogP contribution is 2.17. The summed E-state index contributed by atoms with van der Waals surface area (Å²) >= 11 is 0. The van der Waals surface area contributed by atoms with E-state index < -0.39 is 10.8 Å². The van der Waals surface area contributed by atoms with Gasteiger partial charge in [-0.05, 0) is 26.0 Å². The zero-order valence-corrected chi connectivity index (χ0v) is 12.7. The Hall–Kier alpha value is -2.41. The number of nitrogens with zero attached hydrogens (tertiary/aromatic N) is 2. The molecule has 0 atom stereocenters. The van der Waals surface area contributed by atoms with Gasteiger partial charge in [0.15, 0.2) is 0 Å². The Balaban J connectivity index is 1.96. The highest BCUT2D eigenvalue weighted by atomic mass is 16.6. The van der Waals surface area contributed by atoms with E-state index in [9.17, 15) is 14.9 Å². The highest BCUT2D eigenvalue weighted by Gasteiger charge is 2.20. The molecule has 1 aromatic rings. The van der Waals surface area contributed by atoms with Crippen LogP contribution in [0.25, 0.3) is 0 Å². The number of amides is 1. The SMILES string of the molecule is CC(C)N1CC=C(NNC(=O)c2ccccc2[N+](=O)[O-])CC1. The van der Waals surface area contributed by atoms with Crippen molar-refractivity contribution in [1.29, 1.82) is 0 Å². The van der Waals surface area contributed by atoms with Crippen molar-refractivity contribution in [2.24, 2.45) is 0 Å². The van der Waals surface area contributed by atoms with Crippen LogP contribution in [0.2, 0.25) is 0 Å². The monoisotopic (exact) mass is 304 g/mol. The normalized spacial score (nSPS) is 15.3. The van der Waals surface area contributed by atoms with E-state index in [2.05, 4.69) is 29.6 Å². The number of carbonyl (C=O) groups excluding carboxylic acids is 1. The number of hydrogen-bond donors (Lipinski definition) is 2. The lowest BCUT2D eigenvalue weighted by Gasteiger charge is -2.29. The first-order valence-corrected chi connectivity index (χ1v) is 7.22. The van der Waals surface area contributed by atoms with Gasteiger partial charge in [0.2, 0.25) is 0 Å². The lowest BCUT2D eigenvalue weighted by Crippen LogP contribution is -2.41. The van der Waals surface area contributed by atoms with Crippen LogP contribution in [0.1, 0.15) is 30.6 Å². The minimum atomic E-state index is -0.560. The van der Waals surface area contributed by atoms with Gasteiger partial charge in [-0.15, -0.1) is 0 Å². The first-order valence-electron chi connectivity index (χ1n) is 7.22. The van der Waals surface area contributed by atoms with Crippen LogP contribution >= 0.6 is 0 Å². The Labute approximate surface area is 129 Å². The van der Waals surface area contributed by atoms with E-state index in [0.29, 0.717) is 6.04 Å². The molecule has 0 fully saturated rings. The quantitative estimate of drug-likeness (QED) is 0.640. The maximum Gasteiger partial charge on any atom is 0.282 e. The largest absolute Gasteiger partial charge is 0.303 e. The fourth-order valence-electron chi connectivity index (χ4n) is 2.30. The van der Waals surface area contributed by atoms with E-state index in [0.717, 1.165) is 25.2 Å². The summed E-state index contributed by atoms with van der Waals surface area (Å²) in [5, 5.41) is 10.9. The second-order valence-corrected chi connectivity index (χ2v) is 5.42. The van der Waals surface area contributed by atoms with Gasteiger partial charge in [0.1, 0.15) is 5.56 Å². The maximum atomic E-state index is 12.1. The fourth-order valence-corrected chi connectivity index (χ4v) is 2.30. The van der Waals surface area contributed by atoms with Gasteiger partial charge < -0.3 is 5.43 Å². The van der Waals surface area contributed by atoms with Gasteiger partial charge in [-0.3, -0.25) is 25.2 Å². The zero-order valence-electron chi connectivity index (χ0n) is 12.7. The third-order valence-corrected chi connectivity index (χ3v) is 3.65. The molecule has 0 radical (unpaired) electrons. The van der Waals surface area contributed by atoms with Crippen LogP contribution in [0.15, 0.2) is 36.0 Å². The molecule has 1 aliphatic rings. The molecule has 0 bridgehead atoms. The smallest absolute Gasteiger partial charge is 0.282 e. The number of nitro groups is 1. The molecule has 22 heavy (non-hydrogen) atoms. The molecule has 0 saturated heterocycles. The number of carbonyl (C=O) groups is 1. The molecule has 2 N–H and O–H groups in total. The Kier molecular flexibility index (Phi) is 5.11. The van der Waals surface area contributed by atoms with Gasteiger partial charge in [0.25, 0.3) is 11.6 Å². The average Bonchev–Trinajstić information content (AvgIpc) is 2.53. The topological polar surface area (TPSA) is 87.5 Å². The second-order valence-electron chi connectivity index (χ2n) is 5.42. The highest BCUT2D eigenvalue weighted by molar-refractivity contribution is 5.97. The molecule has 1 heterocycles. The lowest BCUT2D eigenvalue weighted by atomic mass is 10.1. The van der Waals surface area contributed by atoms with Gasteiger partial charge in [0, 0.05) is 37.3 Å². The van der Waals surface area contributed by atoms with Gasteiger partial charge in [-0.25, -0.2) is 0 Å². The molecule has 0 aromatic heterocycles. The molecule has 0 unspecified atom stereocenters. The van der Waals surface area contributed by atoms with Crippen molar-refractivity contribution in [3.8, 4) is 0 Å². The molecule has 7 heteroatoms. The summed E-state index contributed by atoms with van der Waals surface area (Å²) in [6, 6.07) is 6.37.